The lowest BCUT2D eigenvalue weighted by atomic mass is 9.92. The Hall–Kier alpha value is -1.97. The molecule has 3 rings (SSSR count). The van der Waals surface area contributed by atoms with Crippen LogP contribution in [0.25, 0.3) is 0 Å². The fourth-order valence-electron chi connectivity index (χ4n) is 3.87. The van der Waals surface area contributed by atoms with E-state index in [0.29, 0.717) is 51.2 Å². The molecule has 2 saturated heterocycles. The van der Waals surface area contributed by atoms with Crippen molar-refractivity contribution in [3.05, 3.63) is 29.8 Å². The third-order valence-corrected chi connectivity index (χ3v) is 7.16. The van der Waals surface area contributed by atoms with Gasteiger partial charge in [-0.2, -0.15) is 4.31 Å². The Balaban J connectivity index is 1.57. The highest BCUT2D eigenvalue weighted by molar-refractivity contribution is 7.89. The van der Waals surface area contributed by atoms with Gasteiger partial charge in [0.1, 0.15) is 0 Å². The van der Waals surface area contributed by atoms with E-state index in [0.717, 1.165) is 6.42 Å². The summed E-state index contributed by atoms with van der Waals surface area (Å²) in [7, 11) is -3.61. The molecule has 2 atom stereocenters. The van der Waals surface area contributed by atoms with Gasteiger partial charge in [0.25, 0.3) is 5.91 Å². The molecule has 160 valence electrons. The summed E-state index contributed by atoms with van der Waals surface area (Å²) in [5, 5.41) is 0. The van der Waals surface area contributed by atoms with Crippen molar-refractivity contribution in [2.75, 3.05) is 46.0 Å². The highest BCUT2D eigenvalue weighted by atomic mass is 32.2. The van der Waals surface area contributed by atoms with Crippen molar-refractivity contribution >= 4 is 21.9 Å². The van der Waals surface area contributed by atoms with Crippen molar-refractivity contribution in [3.63, 3.8) is 0 Å². The molecule has 0 unspecified atom stereocenters. The fourth-order valence-corrected chi connectivity index (χ4v) is 5.28. The number of amides is 1. The SMILES string of the molecule is C[C@@H]1C[C@@H](C)CN(C(=O)COC(=O)c2ccc(S(=O)(=O)N3CCOCC3)cc2)C1. The summed E-state index contributed by atoms with van der Waals surface area (Å²) in [4.78, 5) is 26.4. The number of sulfonamides is 1. The summed E-state index contributed by atoms with van der Waals surface area (Å²) in [6, 6.07) is 5.59. The molecule has 2 aliphatic rings. The standard InChI is InChI=1S/C20H28N2O6S/c1-15-11-16(2)13-21(12-15)19(23)14-28-20(24)17-3-5-18(6-4-17)29(25,26)22-7-9-27-10-8-22/h3-6,15-16H,7-14H2,1-2H3/t15-,16-/m1/s1. The normalized spacial score (nSPS) is 23.6. The largest absolute Gasteiger partial charge is 0.452 e. The molecule has 2 heterocycles. The van der Waals surface area contributed by atoms with Crippen LogP contribution >= 0.6 is 0 Å². The summed E-state index contributed by atoms with van der Waals surface area (Å²) in [6.45, 7) is 6.60. The first-order valence-corrected chi connectivity index (χ1v) is 11.3. The number of benzene rings is 1. The number of hydrogen-bond donors (Lipinski definition) is 0. The molecule has 0 bridgehead atoms. The van der Waals surface area contributed by atoms with Gasteiger partial charge in [-0.25, -0.2) is 13.2 Å². The number of likely N-dealkylation sites (tertiary alicyclic amines) is 1. The van der Waals surface area contributed by atoms with Crippen LogP contribution in [0.3, 0.4) is 0 Å². The van der Waals surface area contributed by atoms with Crippen molar-refractivity contribution < 1.29 is 27.5 Å². The number of ether oxygens (including phenoxy) is 2. The first-order chi connectivity index (χ1) is 13.8. The molecule has 0 radical (unpaired) electrons. The van der Waals surface area contributed by atoms with Crippen LogP contribution < -0.4 is 0 Å². The molecular formula is C20H28N2O6S. The van der Waals surface area contributed by atoms with E-state index in [1.54, 1.807) is 4.90 Å². The first-order valence-electron chi connectivity index (χ1n) is 9.90. The second kappa shape index (κ2) is 9.23. The van der Waals surface area contributed by atoms with Crippen LogP contribution in [0.2, 0.25) is 0 Å². The van der Waals surface area contributed by atoms with E-state index in [4.69, 9.17) is 9.47 Å². The van der Waals surface area contributed by atoms with E-state index in [2.05, 4.69) is 13.8 Å². The van der Waals surface area contributed by atoms with Crippen LogP contribution in [0.15, 0.2) is 29.2 Å². The van der Waals surface area contributed by atoms with Crippen LogP contribution in [0.5, 0.6) is 0 Å². The average Bonchev–Trinajstić information content (AvgIpc) is 2.71. The Labute approximate surface area is 171 Å². The molecule has 0 aromatic heterocycles. The zero-order chi connectivity index (χ0) is 21.0. The van der Waals surface area contributed by atoms with Crippen LogP contribution in [-0.4, -0.2) is 75.5 Å². The molecule has 1 aromatic carbocycles. The minimum absolute atomic E-state index is 0.114. The maximum atomic E-state index is 12.6. The zero-order valence-electron chi connectivity index (χ0n) is 16.9. The molecule has 2 fully saturated rings. The van der Waals surface area contributed by atoms with Gasteiger partial charge in [0.05, 0.1) is 23.7 Å². The van der Waals surface area contributed by atoms with E-state index < -0.39 is 16.0 Å². The lowest BCUT2D eigenvalue weighted by Crippen LogP contribution is -2.44. The molecule has 8 nitrogen and oxygen atoms in total. The van der Waals surface area contributed by atoms with Gasteiger partial charge < -0.3 is 14.4 Å². The number of carbonyl (C=O) groups is 2. The second-order valence-electron chi connectivity index (χ2n) is 7.86. The Morgan fingerprint density at radius 3 is 2.24 bits per heavy atom. The van der Waals surface area contributed by atoms with Crippen molar-refractivity contribution in [1.29, 1.82) is 0 Å². The Kier molecular flexibility index (Phi) is 6.92. The highest BCUT2D eigenvalue weighted by Gasteiger charge is 2.27. The maximum absolute atomic E-state index is 12.6. The Morgan fingerprint density at radius 2 is 1.66 bits per heavy atom. The lowest BCUT2D eigenvalue weighted by molar-refractivity contribution is -0.137. The zero-order valence-corrected chi connectivity index (χ0v) is 17.7. The second-order valence-corrected chi connectivity index (χ2v) is 9.80. The minimum Gasteiger partial charge on any atom is -0.452 e. The lowest BCUT2D eigenvalue weighted by Gasteiger charge is -2.34. The smallest absolute Gasteiger partial charge is 0.338 e. The van der Waals surface area contributed by atoms with Crippen molar-refractivity contribution in [3.8, 4) is 0 Å². The topological polar surface area (TPSA) is 93.2 Å². The van der Waals surface area contributed by atoms with Gasteiger partial charge in [0, 0.05) is 26.2 Å². The van der Waals surface area contributed by atoms with Crippen molar-refractivity contribution in [1.82, 2.24) is 9.21 Å². The number of esters is 1. The summed E-state index contributed by atoms with van der Waals surface area (Å²) >= 11 is 0. The molecule has 9 heteroatoms. The number of nitrogens with zero attached hydrogens (tertiary/aromatic N) is 2. The monoisotopic (exact) mass is 424 g/mol. The molecule has 0 N–H and O–H groups in total. The van der Waals surface area contributed by atoms with Crippen LogP contribution in [0, 0.1) is 11.8 Å². The first kappa shape index (κ1) is 21.7. The van der Waals surface area contributed by atoms with Gasteiger partial charge in [-0.05, 0) is 42.5 Å². The molecule has 0 spiro atoms. The van der Waals surface area contributed by atoms with Crippen LogP contribution in [0.4, 0.5) is 0 Å². The third kappa shape index (κ3) is 5.34. The molecule has 2 aliphatic heterocycles. The molecule has 1 aromatic rings. The fraction of sp³-hybridized carbons (Fsp3) is 0.600. The molecule has 0 saturated carbocycles. The van der Waals surface area contributed by atoms with Gasteiger partial charge in [-0.3, -0.25) is 4.79 Å². The van der Waals surface area contributed by atoms with Crippen LogP contribution in [-0.2, 0) is 24.3 Å². The van der Waals surface area contributed by atoms with E-state index in [-0.39, 0.29) is 23.0 Å². The van der Waals surface area contributed by atoms with Gasteiger partial charge in [-0.15, -0.1) is 0 Å². The highest BCUT2D eigenvalue weighted by Crippen LogP contribution is 2.21. The number of piperidine rings is 1. The third-order valence-electron chi connectivity index (χ3n) is 5.25. The summed E-state index contributed by atoms with van der Waals surface area (Å²) < 4.78 is 36.9. The summed E-state index contributed by atoms with van der Waals surface area (Å²) in [6.07, 6.45) is 1.09. The maximum Gasteiger partial charge on any atom is 0.338 e. The van der Waals surface area contributed by atoms with E-state index in [1.165, 1.54) is 28.6 Å². The number of morpholine rings is 1. The number of hydrogen-bond acceptors (Lipinski definition) is 6. The summed E-state index contributed by atoms with van der Waals surface area (Å²) in [5.41, 5.74) is 0.208. The molecule has 29 heavy (non-hydrogen) atoms. The Bertz CT molecular complexity index is 823. The van der Waals surface area contributed by atoms with Gasteiger partial charge in [0.15, 0.2) is 6.61 Å². The average molecular weight is 425 g/mol. The molecule has 0 aliphatic carbocycles. The van der Waals surface area contributed by atoms with Gasteiger partial charge in [-0.1, -0.05) is 13.8 Å². The van der Waals surface area contributed by atoms with Gasteiger partial charge in [0.2, 0.25) is 10.0 Å². The predicted molar refractivity (Wildman–Crippen MR) is 106 cm³/mol. The molecular weight excluding hydrogens is 396 g/mol. The number of rotatable bonds is 5. The number of carbonyl (C=O) groups excluding carboxylic acids is 2. The predicted octanol–water partition coefficient (Wildman–Crippen LogP) is 1.37. The van der Waals surface area contributed by atoms with E-state index >= 15 is 0 Å². The summed E-state index contributed by atoms with van der Waals surface area (Å²) in [5.74, 6) is 0.00812. The van der Waals surface area contributed by atoms with Gasteiger partial charge >= 0.3 is 5.97 Å². The van der Waals surface area contributed by atoms with Crippen molar-refractivity contribution in [2.45, 2.75) is 25.2 Å². The van der Waals surface area contributed by atoms with E-state index in [1.807, 2.05) is 0 Å². The van der Waals surface area contributed by atoms with Crippen LogP contribution in [0.1, 0.15) is 30.6 Å². The molecule has 1 amide bonds. The minimum atomic E-state index is -3.61. The van der Waals surface area contributed by atoms with E-state index in [9.17, 15) is 18.0 Å². The quantitative estimate of drug-likeness (QED) is 0.663. The Morgan fingerprint density at radius 1 is 1.07 bits per heavy atom. The van der Waals surface area contributed by atoms with Crippen molar-refractivity contribution in [2.24, 2.45) is 11.8 Å².